The highest BCUT2D eigenvalue weighted by Gasteiger charge is 2.20. The van der Waals surface area contributed by atoms with Crippen LogP contribution < -0.4 is 10.2 Å². The smallest absolute Gasteiger partial charge is 0.408 e. The number of aldehydes is 1. The monoisotopic (exact) mass is 292 g/mol. The number of benzene rings is 1. The van der Waals surface area contributed by atoms with E-state index in [2.05, 4.69) is 5.32 Å². The van der Waals surface area contributed by atoms with Gasteiger partial charge in [0.25, 0.3) is 0 Å². The normalized spacial score (nSPS) is 12.4. The van der Waals surface area contributed by atoms with Gasteiger partial charge in [-0.1, -0.05) is 12.1 Å². The van der Waals surface area contributed by atoms with E-state index in [1.165, 1.54) is 0 Å². The SMILES string of the molecule is CN(C)c1ccc([C@H](CC=O)NC(=O)OC(C)(C)C)cc1. The van der Waals surface area contributed by atoms with E-state index in [0.29, 0.717) is 0 Å². The molecule has 1 aromatic rings. The summed E-state index contributed by atoms with van der Waals surface area (Å²) in [6.45, 7) is 5.40. The summed E-state index contributed by atoms with van der Waals surface area (Å²) in [5.74, 6) is 0. The van der Waals surface area contributed by atoms with Gasteiger partial charge in [0, 0.05) is 26.2 Å². The molecular weight excluding hydrogens is 268 g/mol. The largest absolute Gasteiger partial charge is 0.444 e. The molecule has 1 N–H and O–H groups in total. The van der Waals surface area contributed by atoms with Crippen molar-refractivity contribution in [3.05, 3.63) is 29.8 Å². The quantitative estimate of drug-likeness (QED) is 0.848. The predicted octanol–water partition coefficient (Wildman–Crippen LogP) is 2.91. The maximum atomic E-state index is 11.8. The maximum absolute atomic E-state index is 11.8. The third kappa shape index (κ3) is 5.85. The number of carbonyl (C=O) groups is 2. The number of hydrogen-bond acceptors (Lipinski definition) is 4. The van der Waals surface area contributed by atoms with Crippen LogP contribution in [0.25, 0.3) is 0 Å². The van der Waals surface area contributed by atoms with E-state index in [4.69, 9.17) is 4.74 Å². The number of anilines is 1. The molecule has 0 bridgehead atoms. The first kappa shape index (κ1) is 17.0. The van der Waals surface area contributed by atoms with Gasteiger partial charge in [0.05, 0.1) is 6.04 Å². The summed E-state index contributed by atoms with van der Waals surface area (Å²) in [6, 6.07) is 7.32. The molecule has 1 atom stereocenters. The zero-order valence-electron chi connectivity index (χ0n) is 13.3. The molecule has 21 heavy (non-hydrogen) atoms. The number of hydrogen-bond donors (Lipinski definition) is 1. The summed E-state index contributed by atoms with van der Waals surface area (Å²) in [6.07, 6.45) is 0.480. The molecule has 0 saturated heterocycles. The number of nitrogens with zero attached hydrogens (tertiary/aromatic N) is 1. The van der Waals surface area contributed by atoms with Crippen LogP contribution in [0, 0.1) is 0 Å². The van der Waals surface area contributed by atoms with E-state index in [1.54, 1.807) is 20.8 Å². The lowest BCUT2D eigenvalue weighted by Crippen LogP contribution is -2.35. The summed E-state index contributed by atoms with van der Waals surface area (Å²) in [7, 11) is 3.91. The van der Waals surface area contributed by atoms with Crippen LogP contribution in [0.4, 0.5) is 10.5 Å². The van der Waals surface area contributed by atoms with Crippen LogP contribution in [-0.4, -0.2) is 32.1 Å². The Hall–Kier alpha value is -2.04. The minimum absolute atomic E-state index is 0.209. The lowest BCUT2D eigenvalue weighted by Gasteiger charge is -2.23. The van der Waals surface area contributed by atoms with Crippen LogP contribution in [0.5, 0.6) is 0 Å². The first-order chi connectivity index (χ1) is 9.73. The molecule has 0 aliphatic carbocycles. The lowest BCUT2D eigenvalue weighted by atomic mass is 10.0. The van der Waals surface area contributed by atoms with Crippen molar-refractivity contribution in [3.63, 3.8) is 0 Å². The van der Waals surface area contributed by atoms with Crippen molar-refractivity contribution < 1.29 is 14.3 Å². The lowest BCUT2D eigenvalue weighted by molar-refractivity contribution is -0.108. The molecule has 0 heterocycles. The van der Waals surface area contributed by atoms with E-state index in [0.717, 1.165) is 17.5 Å². The second kappa shape index (κ2) is 7.11. The van der Waals surface area contributed by atoms with Gasteiger partial charge in [0.1, 0.15) is 11.9 Å². The van der Waals surface area contributed by atoms with Crippen molar-refractivity contribution in [3.8, 4) is 0 Å². The van der Waals surface area contributed by atoms with Crippen molar-refractivity contribution in [1.29, 1.82) is 0 Å². The molecule has 1 amide bonds. The number of rotatable bonds is 5. The minimum atomic E-state index is -0.565. The molecule has 1 rings (SSSR count). The Kier molecular flexibility index (Phi) is 5.76. The third-order valence-corrected chi connectivity index (χ3v) is 2.83. The fourth-order valence-electron chi connectivity index (χ4n) is 1.83. The van der Waals surface area contributed by atoms with Gasteiger partial charge < -0.3 is 19.7 Å². The fourth-order valence-corrected chi connectivity index (χ4v) is 1.83. The molecule has 0 fully saturated rings. The van der Waals surface area contributed by atoms with Crippen LogP contribution >= 0.6 is 0 Å². The van der Waals surface area contributed by atoms with Crippen molar-refractivity contribution in [2.45, 2.75) is 38.8 Å². The van der Waals surface area contributed by atoms with Crippen molar-refractivity contribution in [1.82, 2.24) is 5.32 Å². The average molecular weight is 292 g/mol. The van der Waals surface area contributed by atoms with Gasteiger partial charge in [-0.25, -0.2) is 4.79 Å². The average Bonchev–Trinajstić information content (AvgIpc) is 2.36. The molecule has 0 unspecified atom stereocenters. The van der Waals surface area contributed by atoms with E-state index >= 15 is 0 Å². The van der Waals surface area contributed by atoms with E-state index < -0.39 is 11.7 Å². The Bertz CT molecular complexity index is 475. The van der Waals surface area contributed by atoms with Crippen LogP contribution in [-0.2, 0) is 9.53 Å². The molecule has 0 aliphatic rings. The molecule has 0 aromatic heterocycles. The Labute approximate surface area is 126 Å². The van der Waals surface area contributed by atoms with Crippen molar-refractivity contribution in [2.75, 3.05) is 19.0 Å². The summed E-state index contributed by atoms with van der Waals surface area (Å²) < 4.78 is 5.22. The molecule has 0 radical (unpaired) electrons. The fraction of sp³-hybridized carbons (Fsp3) is 0.500. The third-order valence-electron chi connectivity index (χ3n) is 2.83. The maximum Gasteiger partial charge on any atom is 0.408 e. The number of ether oxygens (including phenoxy) is 1. The Morgan fingerprint density at radius 2 is 1.86 bits per heavy atom. The molecule has 1 aromatic carbocycles. The van der Waals surface area contributed by atoms with E-state index in [-0.39, 0.29) is 12.5 Å². The van der Waals surface area contributed by atoms with Gasteiger partial charge >= 0.3 is 6.09 Å². The number of amides is 1. The first-order valence-electron chi connectivity index (χ1n) is 6.93. The molecule has 0 saturated carbocycles. The zero-order chi connectivity index (χ0) is 16.0. The van der Waals surface area contributed by atoms with Crippen molar-refractivity contribution >= 4 is 18.1 Å². The highest BCUT2D eigenvalue weighted by atomic mass is 16.6. The second-order valence-corrected chi connectivity index (χ2v) is 6.09. The number of nitrogens with one attached hydrogen (secondary N) is 1. The summed E-state index contributed by atoms with van der Waals surface area (Å²) >= 11 is 0. The van der Waals surface area contributed by atoms with Gasteiger partial charge in [-0.15, -0.1) is 0 Å². The van der Waals surface area contributed by atoms with Crippen LogP contribution in [0.15, 0.2) is 24.3 Å². The van der Waals surface area contributed by atoms with E-state index in [1.807, 2.05) is 43.3 Å². The topological polar surface area (TPSA) is 58.6 Å². The first-order valence-corrected chi connectivity index (χ1v) is 6.93. The van der Waals surface area contributed by atoms with Gasteiger partial charge in [-0.3, -0.25) is 0 Å². The van der Waals surface area contributed by atoms with Crippen molar-refractivity contribution in [2.24, 2.45) is 0 Å². The number of alkyl carbamates (subject to hydrolysis) is 1. The minimum Gasteiger partial charge on any atom is -0.444 e. The van der Waals surface area contributed by atoms with Gasteiger partial charge in [-0.2, -0.15) is 0 Å². The molecule has 0 spiro atoms. The molecule has 5 nitrogen and oxygen atoms in total. The standard InChI is InChI=1S/C16H24N2O3/c1-16(2,3)21-15(20)17-14(10-11-19)12-6-8-13(9-7-12)18(4)5/h6-9,11,14H,10H2,1-5H3,(H,17,20)/t14-/m0/s1. The highest BCUT2D eigenvalue weighted by molar-refractivity contribution is 5.69. The summed E-state index contributed by atoms with van der Waals surface area (Å²) in [4.78, 5) is 24.7. The molecule has 116 valence electrons. The van der Waals surface area contributed by atoms with E-state index in [9.17, 15) is 9.59 Å². The van der Waals surface area contributed by atoms with Gasteiger partial charge in [0.15, 0.2) is 0 Å². The highest BCUT2D eigenvalue weighted by Crippen LogP contribution is 2.20. The van der Waals surface area contributed by atoms with Gasteiger partial charge in [0.2, 0.25) is 0 Å². The molecular formula is C16H24N2O3. The van der Waals surface area contributed by atoms with Crippen LogP contribution in [0.1, 0.15) is 38.8 Å². The Morgan fingerprint density at radius 1 is 1.29 bits per heavy atom. The van der Waals surface area contributed by atoms with Crippen LogP contribution in [0.2, 0.25) is 0 Å². The predicted molar refractivity (Wildman–Crippen MR) is 83.6 cm³/mol. The summed E-state index contributed by atoms with van der Waals surface area (Å²) in [5, 5.41) is 2.73. The van der Waals surface area contributed by atoms with Gasteiger partial charge in [-0.05, 0) is 38.5 Å². The Balaban J connectivity index is 2.81. The Morgan fingerprint density at radius 3 is 2.29 bits per heavy atom. The molecule has 0 aliphatic heterocycles. The zero-order valence-corrected chi connectivity index (χ0v) is 13.3. The van der Waals surface area contributed by atoms with Crippen LogP contribution in [0.3, 0.4) is 0 Å². The molecule has 5 heteroatoms. The summed E-state index contributed by atoms with van der Waals surface area (Å²) in [5.41, 5.74) is 1.37. The number of carbonyl (C=O) groups excluding carboxylic acids is 2. The second-order valence-electron chi connectivity index (χ2n) is 6.09.